The zero-order valence-electron chi connectivity index (χ0n) is 10.8. The van der Waals surface area contributed by atoms with Crippen LogP contribution < -0.4 is 0 Å². The highest BCUT2D eigenvalue weighted by Gasteiger charge is 2.23. The van der Waals surface area contributed by atoms with Crippen LogP contribution in [0.5, 0.6) is 0 Å². The number of rotatable bonds is 6. The van der Waals surface area contributed by atoms with Crippen LogP contribution in [0.1, 0.15) is 31.2 Å². The minimum atomic E-state index is -0.752. The molecular formula is C15H19ClO3. The van der Waals surface area contributed by atoms with Crippen molar-refractivity contribution in [2.24, 2.45) is 5.92 Å². The first kappa shape index (κ1) is 14.4. The van der Waals surface area contributed by atoms with Gasteiger partial charge < -0.3 is 9.84 Å². The molecule has 1 aliphatic heterocycles. The molecule has 0 spiro atoms. The topological polar surface area (TPSA) is 46.5 Å². The van der Waals surface area contributed by atoms with Crippen molar-refractivity contribution in [3.8, 4) is 0 Å². The Morgan fingerprint density at radius 2 is 2.26 bits per heavy atom. The van der Waals surface area contributed by atoms with Gasteiger partial charge in [-0.2, -0.15) is 0 Å². The molecule has 0 saturated carbocycles. The Morgan fingerprint density at radius 1 is 1.47 bits per heavy atom. The summed E-state index contributed by atoms with van der Waals surface area (Å²) < 4.78 is 5.54. The van der Waals surface area contributed by atoms with Crippen LogP contribution in [0, 0.1) is 5.92 Å². The van der Waals surface area contributed by atoms with Crippen molar-refractivity contribution in [1.29, 1.82) is 0 Å². The number of ether oxygens (including phenoxy) is 1. The zero-order valence-corrected chi connectivity index (χ0v) is 11.6. The average Bonchev–Trinajstić information content (AvgIpc) is 2.89. The Morgan fingerprint density at radius 3 is 2.89 bits per heavy atom. The molecule has 0 aliphatic carbocycles. The normalized spacial score (nSPS) is 20.4. The molecular weight excluding hydrogens is 264 g/mol. The van der Waals surface area contributed by atoms with Crippen molar-refractivity contribution >= 4 is 17.6 Å². The maximum atomic E-state index is 11.3. The van der Waals surface area contributed by atoms with Gasteiger partial charge >= 0.3 is 5.97 Å². The maximum absolute atomic E-state index is 11.3. The van der Waals surface area contributed by atoms with E-state index in [0.717, 1.165) is 31.4 Å². The van der Waals surface area contributed by atoms with Crippen molar-refractivity contribution in [2.45, 2.75) is 38.2 Å². The Balaban J connectivity index is 1.92. The molecule has 0 radical (unpaired) electrons. The molecule has 1 heterocycles. The Hall–Kier alpha value is -1.06. The van der Waals surface area contributed by atoms with Gasteiger partial charge in [0.05, 0.1) is 12.0 Å². The van der Waals surface area contributed by atoms with Gasteiger partial charge in [-0.25, -0.2) is 0 Å². The molecule has 2 rings (SSSR count). The Bertz CT molecular complexity index is 427. The highest BCUT2D eigenvalue weighted by atomic mass is 35.5. The zero-order chi connectivity index (χ0) is 13.7. The summed E-state index contributed by atoms with van der Waals surface area (Å²) in [7, 11) is 0. The van der Waals surface area contributed by atoms with Gasteiger partial charge in [0.2, 0.25) is 0 Å². The lowest BCUT2D eigenvalue weighted by atomic mass is 9.93. The van der Waals surface area contributed by atoms with Crippen molar-refractivity contribution in [3.63, 3.8) is 0 Å². The third kappa shape index (κ3) is 4.22. The fourth-order valence-electron chi connectivity index (χ4n) is 2.50. The van der Waals surface area contributed by atoms with E-state index in [1.165, 1.54) is 0 Å². The van der Waals surface area contributed by atoms with E-state index in [-0.39, 0.29) is 12.0 Å². The molecule has 2 unspecified atom stereocenters. The lowest BCUT2D eigenvalue weighted by molar-refractivity contribution is -0.142. The summed E-state index contributed by atoms with van der Waals surface area (Å²) in [6.07, 6.45) is 4.34. The highest BCUT2D eigenvalue weighted by Crippen LogP contribution is 2.24. The Kier molecular flexibility index (Phi) is 5.23. The minimum Gasteiger partial charge on any atom is -0.481 e. The summed E-state index contributed by atoms with van der Waals surface area (Å²) >= 11 is 6.08. The van der Waals surface area contributed by atoms with Gasteiger partial charge in [-0.15, -0.1) is 0 Å². The van der Waals surface area contributed by atoms with Crippen molar-refractivity contribution in [1.82, 2.24) is 0 Å². The average molecular weight is 283 g/mol. The second-order valence-electron chi connectivity index (χ2n) is 5.04. The number of aliphatic carboxylic acids is 1. The van der Waals surface area contributed by atoms with Crippen LogP contribution in [0.2, 0.25) is 5.02 Å². The van der Waals surface area contributed by atoms with Crippen LogP contribution in [0.4, 0.5) is 0 Å². The molecule has 1 saturated heterocycles. The number of carbonyl (C=O) groups is 1. The summed E-state index contributed by atoms with van der Waals surface area (Å²) in [4.78, 5) is 11.3. The molecule has 1 N–H and O–H groups in total. The van der Waals surface area contributed by atoms with Crippen molar-refractivity contribution in [3.05, 3.63) is 34.9 Å². The van der Waals surface area contributed by atoms with Gasteiger partial charge in [0.25, 0.3) is 0 Å². The number of carboxylic acid groups (broad SMARTS) is 1. The van der Waals surface area contributed by atoms with Gasteiger partial charge in [-0.3, -0.25) is 4.79 Å². The highest BCUT2D eigenvalue weighted by molar-refractivity contribution is 6.31. The maximum Gasteiger partial charge on any atom is 0.306 e. The van der Waals surface area contributed by atoms with Crippen LogP contribution in [-0.4, -0.2) is 23.8 Å². The second-order valence-corrected chi connectivity index (χ2v) is 5.45. The van der Waals surface area contributed by atoms with Gasteiger partial charge in [0, 0.05) is 11.6 Å². The first-order chi connectivity index (χ1) is 9.16. The van der Waals surface area contributed by atoms with E-state index in [2.05, 4.69) is 0 Å². The standard InChI is InChI=1S/C15H19ClO3/c16-14-6-2-1-4-11(14)10-12(15(17)18)7-8-13-5-3-9-19-13/h1-2,4,6,12-13H,3,5,7-10H2,(H,17,18). The molecule has 1 aromatic rings. The van der Waals surface area contributed by atoms with E-state index in [9.17, 15) is 9.90 Å². The predicted octanol–water partition coefficient (Wildman–Crippen LogP) is 3.54. The molecule has 1 aromatic carbocycles. The Labute approximate surface area is 118 Å². The largest absolute Gasteiger partial charge is 0.481 e. The summed E-state index contributed by atoms with van der Waals surface area (Å²) in [6, 6.07) is 7.44. The van der Waals surface area contributed by atoms with E-state index in [0.29, 0.717) is 17.9 Å². The van der Waals surface area contributed by atoms with Gasteiger partial charge in [0.1, 0.15) is 0 Å². The molecule has 19 heavy (non-hydrogen) atoms. The van der Waals surface area contributed by atoms with E-state index in [1.54, 1.807) is 6.07 Å². The number of halogens is 1. The predicted molar refractivity (Wildman–Crippen MR) is 74.5 cm³/mol. The van der Waals surface area contributed by atoms with Crippen LogP contribution in [0.25, 0.3) is 0 Å². The second kappa shape index (κ2) is 6.92. The lowest BCUT2D eigenvalue weighted by Crippen LogP contribution is -2.19. The van der Waals surface area contributed by atoms with Gasteiger partial charge in [0.15, 0.2) is 0 Å². The van der Waals surface area contributed by atoms with Crippen LogP contribution in [0.3, 0.4) is 0 Å². The number of hydrogen-bond donors (Lipinski definition) is 1. The van der Waals surface area contributed by atoms with Crippen molar-refractivity contribution in [2.75, 3.05) is 6.61 Å². The summed E-state index contributed by atoms with van der Waals surface area (Å²) in [5.41, 5.74) is 0.906. The van der Waals surface area contributed by atoms with E-state index in [1.807, 2.05) is 18.2 Å². The molecule has 1 fully saturated rings. The van der Waals surface area contributed by atoms with Gasteiger partial charge in [-0.05, 0) is 43.7 Å². The smallest absolute Gasteiger partial charge is 0.306 e. The first-order valence-electron chi connectivity index (χ1n) is 6.74. The molecule has 0 amide bonds. The first-order valence-corrected chi connectivity index (χ1v) is 7.12. The summed E-state index contributed by atoms with van der Waals surface area (Å²) in [5, 5.41) is 9.96. The SMILES string of the molecule is O=C(O)C(CCC1CCCO1)Cc1ccccc1Cl. The molecule has 1 aliphatic rings. The van der Waals surface area contributed by atoms with E-state index >= 15 is 0 Å². The fourth-order valence-corrected chi connectivity index (χ4v) is 2.71. The van der Waals surface area contributed by atoms with Crippen molar-refractivity contribution < 1.29 is 14.6 Å². The van der Waals surface area contributed by atoms with E-state index < -0.39 is 5.97 Å². The lowest BCUT2D eigenvalue weighted by Gasteiger charge is -2.15. The number of benzene rings is 1. The van der Waals surface area contributed by atoms with E-state index in [4.69, 9.17) is 16.3 Å². The third-order valence-electron chi connectivity index (χ3n) is 3.63. The number of carboxylic acids is 1. The van der Waals surface area contributed by atoms with Crippen LogP contribution in [-0.2, 0) is 16.0 Å². The molecule has 2 atom stereocenters. The third-order valence-corrected chi connectivity index (χ3v) is 4.00. The molecule has 0 bridgehead atoms. The quantitative estimate of drug-likeness (QED) is 0.868. The number of hydrogen-bond acceptors (Lipinski definition) is 2. The minimum absolute atomic E-state index is 0.244. The summed E-state index contributed by atoms with van der Waals surface area (Å²) in [5.74, 6) is -1.14. The van der Waals surface area contributed by atoms with Gasteiger partial charge in [-0.1, -0.05) is 29.8 Å². The summed E-state index contributed by atoms with van der Waals surface area (Å²) in [6.45, 7) is 0.812. The monoisotopic (exact) mass is 282 g/mol. The fraction of sp³-hybridized carbons (Fsp3) is 0.533. The molecule has 3 nitrogen and oxygen atoms in total. The van der Waals surface area contributed by atoms with Crippen LogP contribution in [0.15, 0.2) is 24.3 Å². The molecule has 4 heteroatoms. The molecule has 104 valence electrons. The van der Waals surface area contributed by atoms with Crippen LogP contribution >= 0.6 is 11.6 Å². The molecule has 0 aromatic heterocycles.